The van der Waals surface area contributed by atoms with Crippen LogP contribution in [0.25, 0.3) is 0 Å². The number of hydrogen-bond donors (Lipinski definition) is 2. The van der Waals surface area contributed by atoms with Crippen molar-refractivity contribution < 1.29 is 14.3 Å². The Balaban J connectivity index is 1.29. The van der Waals surface area contributed by atoms with Crippen molar-refractivity contribution in [3.8, 4) is 5.75 Å². The Labute approximate surface area is 154 Å². The van der Waals surface area contributed by atoms with Gasteiger partial charge >= 0.3 is 0 Å². The zero-order chi connectivity index (χ0) is 18.1. The number of amides is 2. The standard InChI is InChI=1S/C21H28N2O3/c1-2-26-18-5-3-14(4-6-18)10-19(24)22-23-20(25)21-11-15-7-16(12-21)9-17(8-15)13-21/h3-6,15-17H,2,7-13H2,1H3,(H,22,24)(H,23,25). The van der Waals surface area contributed by atoms with Gasteiger partial charge in [0.05, 0.1) is 18.4 Å². The van der Waals surface area contributed by atoms with E-state index in [9.17, 15) is 9.59 Å². The first kappa shape index (κ1) is 17.4. The first-order chi connectivity index (χ1) is 12.6. The summed E-state index contributed by atoms with van der Waals surface area (Å²) in [6.45, 7) is 2.56. The van der Waals surface area contributed by atoms with Crippen molar-refractivity contribution in [2.75, 3.05) is 6.61 Å². The monoisotopic (exact) mass is 356 g/mol. The fourth-order valence-corrected chi connectivity index (χ4v) is 5.75. The highest BCUT2D eigenvalue weighted by molar-refractivity contribution is 5.86. The SMILES string of the molecule is CCOc1ccc(CC(=O)NNC(=O)C23CC4CC(CC(C4)C2)C3)cc1. The van der Waals surface area contributed by atoms with Crippen LogP contribution in [-0.2, 0) is 16.0 Å². The molecule has 0 spiro atoms. The Bertz CT molecular complexity index is 648. The van der Waals surface area contributed by atoms with Crippen molar-refractivity contribution in [3.63, 3.8) is 0 Å². The number of nitrogens with one attached hydrogen (secondary N) is 2. The fraction of sp³-hybridized carbons (Fsp3) is 0.619. The zero-order valence-corrected chi connectivity index (χ0v) is 15.4. The van der Waals surface area contributed by atoms with Crippen LogP contribution >= 0.6 is 0 Å². The second-order valence-electron chi connectivity index (χ2n) is 8.45. The van der Waals surface area contributed by atoms with Crippen molar-refractivity contribution in [2.24, 2.45) is 23.2 Å². The molecule has 5 nitrogen and oxygen atoms in total. The maximum atomic E-state index is 12.8. The van der Waals surface area contributed by atoms with E-state index in [4.69, 9.17) is 4.74 Å². The van der Waals surface area contributed by atoms with E-state index in [1.165, 1.54) is 19.3 Å². The summed E-state index contributed by atoms with van der Waals surface area (Å²) in [5.41, 5.74) is 6.02. The van der Waals surface area contributed by atoms with Crippen molar-refractivity contribution in [1.82, 2.24) is 10.9 Å². The van der Waals surface area contributed by atoms with E-state index in [0.717, 1.165) is 30.6 Å². The molecule has 2 amide bonds. The van der Waals surface area contributed by atoms with Gasteiger partial charge in [0, 0.05) is 0 Å². The number of benzene rings is 1. The number of carbonyl (C=O) groups is 2. The first-order valence-corrected chi connectivity index (χ1v) is 9.87. The smallest absolute Gasteiger partial charge is 0.244 e. The summed E-state index contributed by atoms with van der Waals surface area (Å²) in [4.78, 5) is 25.0. The van der Waals surface area contributed by atoms with Crippen LogP contribution in [0.4, 0.5) is 0 Å². The second kappa shape index (κ2) is 6.93. The average Bonchev–Trinajstić information content (AvgIpc) is 2.60. The van der Waals surface area contributed by atoms with Gasteiger partial charge in [-0.1, -0.05) is 12.1 Å². The van der Waals surface area contributed by atoms with Gasteiger partial charge < -0.3 is 4.74 Å². The third kappa shape index (κ3) is 3.44. The molecule has 0 aliphatic heterocycles. The van der Waals surface area contributed by atoms with E-state index < -0.39 is 0 Å². The summed E-state index contributed by atoms with van der Waals surface area (Å²) in [6.07, 6.45) is 7.15. The van der Waals surface area contributed by atoms with Crippen LogP contribution < -0.4 is 15.6 Å². The number of hydrazine groups is 1. The quantitative estimate of drug-likeness (QED) is 0.797. The second-order valence-corrected chi connectivity index (χ2v) is 8.45. The number of ether oxygens (including phenoxy) is 1. The summed E-state index contributed by atoms with van der Waals surface area (Å²) >= 11 is 0. The zero-order valence-electron chi connectivity index (χ0n) is 15.4. The van der Waals surface area contributed by atoms with Crippen LogP contribution in [0.5, 0.6) is 5.75 Å². The molecule has 4 aliphatic rings. The van der Waals surface area contributed by atoms with E-state index in [-0.39, 0.29) is 23.7 Å². The molecule has 1 aromatic rings. The number of hydrogen-bond acceptors (Lipinski definition) is 3. The van der Waals surface area contributed by atoms with Crippen molar-refractivity contribution in [2.45, 2.75) is 51.9 Å². The molecule has 0 atom stereocenters. The molecule has 4 aliphatic carbocycles. The van der Waals surface area contributed by atoms with Crippen LogP contribution in [0.2, 0.25) is 0 Å². The summed E-state index contributed by atoms with van der Waals surface area (Å²) < 4.78 is 5.40. The third-order valence-corrected chi connectivity index (χ3v) is 6.43. The minimum absolute atomic E-state index is 0.0247. The summed E-state index contributed by atoms with van der Waals surface area (Å²) in [7, 11) is 0. The maximum Gasteiger partial charge on any atom is 0.244 e. The topological polar surface area (TPSA) is 67.4 Å². The minimum atomic E-state index is -0.235. The average molecular weight is 356 g/mol. The number of carbonyl (C=O) groups excluding carboxylic acids is 2. The van der Waals surface area contributed by atoms with Crippen LogP contribution in [0.15, 0.2) is 24.3 Å². The Morgan fingerprint density at radius 1 is 1.00 bits per heavy atom. The van der Waals surface area contributed by atoms with E-state index in [0.29, 0.717) is 24.4 Å². The highest BCUT2D eigenvalue weighted by Gasteiger charge is 2.54. The normalized spacial score (nSPS) is 31.5. The predicted octanol–water partition coefficient (Wildman–Crippen LogP) is 2.99. The lowest BCUT2D eigenvalue weighted by Crippen LogP contribution is -2.56. The van der Waals surface area contributed by atoms with Gasteiger partial charge in [-0.3, -0.25) is 20.4 Å². The van der Waals surface area contributed by atoms with Gasteiger partial charge in [-0.2, -0.15) is 0 Å². The highest BCUT2D eigenvalue weighted by atomic mass is 16.5. The lowest BCUT2D eigenvalue weighted by molar-refractivity contribution is -0.148. The molecule has 140 valence electrons. The van der Waals surface area contributed by atoms with E-state index in [1.54, 1.807) is 0 Å². The van der Waals surface area contributed by atoms with E-state index in [1.807, 2.05) is 31.2 Å². The van der Waals surface area contributed by atoms with Gasteiger partial charge in [-0.25, -0.2) is 0 Å². The molecule has 26 heavy (non-hydrogen) atoms. The molecule has 4 saturated carbocycles. The molecular formula is C21H28N2O3. The van der Waals surface area contributed by atoms with Gasteiger partial charge in [-0.05, 0) is 80.9 Å². The van der Waals surface area contributed by atoms with E-state index in [2.05, 4.69) is 10.9 Å². The van der Waals surface area contributed by atoms with Gasteiger partial charge in [0.15, 0.2) is 0 Å². The molecule has 1 aromatic carbocycles. The van der Waals surface area contributed by atoms with Crippen LogP contribution in [0, 0.1) is 23.2 Å². The number of rotatable bonds is 5. The summed E-state index contributed by atoms with van der Waals surface area (Å²) in [5, 5.41) is 0. The summed E-state index contributed by atoms with van der Waals surface area (Å²) in [5.74, 6) is 2.78. The van der Waals surface area contributed by atoms with Crippen LogP contribution in [-0.4, -0.2) is 18.4 Å². The molecule has 2 N–H and O–H groups in total. The molecule has 4 fully saturated rings. The van der Waals surface area contributed by atoms with Crippen LogP contribution in [0.3, 0.4) is 0 Å². The molecule has 0 heterocycles. The molecule has 5 heteroatoms. The largest absolute Gasteiger partial charge is 0.494 e. The van der Waals surface area contributed by atoms with Crippen molar-refractivity contribution in [3.05, 3.63) is 29.8 Å². The molecular weight excluding hydrogens is 328 g/mol. The molecule has 0 aromatic heterocycles. The first-order valence-electron chi connectivity index (χ1n) is 9.87. The lowest BCUT2D eigenvalue weighted by atomic mass is 9.49. The maximum absolute atomic E-state index is 12.8. The highest BCUT2D eigenvalue weighted by Crippen LogP contribution is 2.60. The van der Waals surface area contributed by atoms with Gasteiger partial charge in [0.2, 0.25) is 11.8 Å². The van der Waals surface area contributed by atoms with E-state index >= 15 is 0 Å². The van der Waals surface area contributed by atoms with Gasteiger partial charge in [-0.15, -0.1) is 0 Å². The van der Waals surface area contributed by atoms with Gasteiger partial charge in [0.1, 0.15) is 5.75 Å². The minimum Gasteiger partial charge on any atom is -0.494 e. The van der Waals surface area contributed by atoms with Crippen molar-refractivity contribution >= 4 is 11.8 Å². The molecule has 0 radical (unpaired) electrons. The third-order valence-electron chi connectivity index (χ3n) is 6.43. The van der Waals surface area contributed by atoms with Crippen LogP contribution in [0.1, 0.15) is 51.0 Å². The molecule has 4 bridgehead atoms. The molecule has 0 saturated heterocycles. The Hall–Kier alpha value is -2.04. The molecule has 5 rings (SSSR count). The van der Waals surface area contributed by atoms with Gasteiger partial charge in [0.25, 0.3) is 0 Å². The summed E-state index contributed by atoms with van der Waals surface area (Å²) in [6, 6.07) is 7.48. The Kier molecular flexibility index (Phi) is 4.63. The molecule has 0 unspecified atom stereocenters. The predicted molar refractivity (Wildman–Crippen MR) is 98.2 cm³/mol. The Morgan fingerprint density at radius 3 is 2.12 bits per heavy atom. The fourth-order valence-electron chi connectivity index (χ4n) is 5.75. The lowest BCUT2D eigenvalue weighted by Gasteiger charge is -2.55. The Morgan fingerprint density at radius 2 is 1.58 bits per heavy atom. The van der Waals surface area contributed by atoms with Crippen molar-refractivity contribution in [1.29, 1.82) is 0 Å².